The Kier molecular flexibility index (Phi) is 42.6. The number of rotatable bonds is 4. The summed E-state index contributed by atoms with van der Waals surface area (Å²) in [6.45, 7) is 4.33. The average Bonchev–Trinajstić information content (AvgIpc) is 1.97. The van der Waals surface area contributed by atoms with Gasteiger partial charge < -0.3 is 34.0 Å². The Bertz CT molecular complexity index is 116. The molecule has 0 saturated heterocycles. The van der Waals surface area contributed by atoms with Crippen LogP contribution >= 0.6 is 0 Å². The van der Waals surface area contributed by atoms with Crippen molar-refractivity contribution in [3.05, 3.63) is 0 Å². The van der Waals surface area contributed by atoms with Gasteiger partial charge in [-0.2, -0.15) is 0 Å². The molecule has 0 aliphatic heterocycles. The molecule has 0 saturated carbocycles. The zero-order valence-corrected chi connectivity index (χ0v) is 13.3. The summed E-state index contributed by atoms with van der Waals surface area (Å²) in [6, 6.07) is 0. The second-order valence-electron chi connectivity index (χ2n) is 2.52. The summed E-state index contributed by atoms with van der Waals surface area (Å²) < 4.78 is 0. The van der Waals surface area contributed by atoms with Gasteiger partial charge >= 0.3 is 23.1 Å². The molecule has 0 nitrogen and oxygen atoms in total. The molecule has 0 unspecified atom stereocenters. The van der Waals surface area contributed by atoms with Gasteiger partial charge in [0.25, 0.3) is 0 Å². The molecule has 0 aromatic rings. The second kappa shape index (κ2) is 23.3. The van der Waals surface area contributed by atoms with Crippen molar-refractivity contribution < 1.29 is 34.0 Å². The molecule has 0 aromatic carbocycles. The Hall–Kier alpha value is 1.29. The van der Waals surface area contributed by atoms with Gasteiger partial charge in [0.05, 0.1) is 0 Å². The third kappa shape index (κ3) is 24.6. The molecule has 74 valence electrons. The number of hydrogen-bond donors (Lipinski definition) is 0. The first kappa shape index (κ1) is 23.8. The number of hydrogen-bond acceptors (Lipinski definition) is 0. The van der Waals surface area contributed by atoms with Gasteiger partial charge in [-0.1, -0.05) is 33.1 Å². The fourth-order valence-electron chi connectivity index (χ4n) is 0.854. The van der Waals surface area contributed by atoms with E-state index >= 15 is 0 Å². The third-order valence-corrected chi connectivity index (χ3v) is 1.46. The van der Waals surface area contributed by atoms with Crippen molar-refractivity contribution in [3.8, 4) is 11.8 Å². The van der Waals surface area contributed by atoms with Crippen LogP contribution in [0.25, 0.3) is 0 Å². The van der Waals surface area contributed by atoms with Crippen LogP contribution in [0.1, 0.15) is 52.4 Å². The van der Waals surface area contributed by atoms with Crippen LogP contribution in [0.15, 0.2) is 0 Å². The molecule has 0 aliphatic rings. The molecule has 0 aromatic heterocycles. The molecule has 0 bridgehead atoms. The summed E-state index contributed by atoms with van der Waals surface area (Å²) in [6.07, 6.45) is 7.45. The van der Waals surface area contributed by atoms with E-state index in [-0.39, 0.29) is 57.0 Å². The van der Waals surface area contributed by atoms with Crippen LogP contribution in [0.2, 0.25) is 0 Å². The first-order chi connectivity index (χ1) is 4.91. The van der Waals surface area contributed by atoms with Gasteiger partial charge in [-0.15, -0.1) is 11.8 Å². The van der Waals surface area contributed by atoms with Crippen molar-refractivity contribution in [2.45, 2.75) is 52.4 Å². The molecule has 13 heavy (non-hydrogen) atoms. The summed E-state index contributed by atoms with van der Waals surface area (Å²) in [5.74, 6) is 6.22. The molecule has 0 heterocycles. The van der Waals surface area contributed by atoms with Crippen LogP contribution < -0.4 is 34.0 Å². The van der Waals surface area contributed by atoms with E-state index in [9.17, 15) is 0 Å². The Labute approximate surface area is 120 Å². The molecule has 0 radical (unpaired) electrons. The minimum atomic E-state index is 0. The zero-order valence-electron chi connectivity index (χ0n) is 8.71. The predicted molar refractivity (Wildman–Crippen MR) is 52.6 cm³/mol. The van der Waals surface area contributed by atoms with Gasteiger partial charge in [0, 0.05) is 12.8 Å². The van der Waals surface area contributed by atoms with Crippen LogP contribution in [0.3, 0.4) is 0 Å². The van der Waals surface area contributed by atoms with Gasteiger partial charge in [-0.3, -0.25) is 0 Å². The van der Waals surface area contributed by atoms with Crippen LogP contribution in [0.5, 0.6) is 0 Å². The van der Waals surface area contributed by atoms with E-state index in [1.807, 2.05) is 0 Å². The minimum absolute atomic E-state index is 0. The molecular formula is C10H18Br2Mg. The normalized spacial score (nSPS) is 6.62. The maximum absolute atomic E-state index is 3.14. The zero-order chi connectivity index (χ0) is 7.66. The van der Waals surface area contributed by atoms with Gasteiger partial charge in [0.2, 0.25) is 0 Å². The summed E-state index contributed by atoms with van der Waals surface area (Å²) in [7, 11) is 0. The van der Waals surface area contributed by atoms with E-state index in [2.05, 4.69) is 25.7 Å². The molecule has 0 aliphatic carbocycles. The quantitative estimate of drug-likeness (QED) is 0.294. The molecule has 0 amide bonds. The van der Waals surface area contributed by atoms with Crippen molar-refractivity contribution in [2.75, 3.05) is 0 Å². The van der Waals surface area contributed by atoms with Crippen molar-refractivity contribution in [1.82, 2.24) is 0 Å². The summed E-state index contributed by atoms with van der Waals surface area (Å²) in [5.41, 5.74) is 0. The van der Waals surface area contributed by atoms with E-state index in [1.54, 1.807) is 0 Å². The first-order valence-electron chi connectivity index (χ1n) is 4.37. The van der Waals surface area contributed by atoms with E-state index in [0.29, 0.717) is 0 Å². The van der Waals surface area contributed by atoms with Crippen LogP contribution in [0, 0.1) is 11.8 Å². The summed E-state index contributed by atoms with van der Waals surface area (Å²) in [4.78, 5) is 0. The molecule has 0 rings (SSSR count). The molecule has 0 atom stereocenters. The van der Waals surface area contributed by atoms with Crippen molar-refractivity contribution in [2.24, 2.45) is 0 Å². The van der Waals surface area contributed by atoms with Crippen molar-refractivity contribution in [1.29, 1.82) is 0 Å². The number of unbranched alkanes of at least 4 members (excludes halogenated alkanes) is 4. The Morgan fingerprint density at radius 3 is 1.92 bits per heavy atom. The summed E-state index contributed by atoms with van der Waals surface area (Å²) in [5, 5.41) is 0. The molecule has 0 fully saturated rings. The van der Waals surface area contributed by atoms with Gasteiger partial charge in [-0.05, 0) is 6.42 Å². The van der Waals surface area contributed by atoms with E-state index < -0.39 is 0 Å². The second-order valence-corrected chi connectivity index (χ2v) is 2.52. The topological polar surface area (TPSA) is 0 Å². The summed E-state index contributed by atoms with van der Waals surface area (Å²) >= 11 is 0. The molecule has 0 N–H and O–H groups in total. The Morgan fingerprint density at radius 2 is 1.46 bits per heavy atom. The van der Waals surface area contributed by atoms with Crippen LogP contribution in [-0.4, -0.2) is 23.1 Å². The van der Waals surface area contributed by atoms with Gasteiger partial charge in [0.1, 0.15) is 0 Å². The largest absolute Gasteiger partial charge is 2.00 e. The van der Waals surface area contributed by atoms with Crippen molar-refractivity contribution in [3.63, 3.8) is 0 Å². The monoisotopic (exact) mass is 320 g/mol. The smallest absolute Gasteiger partial charge is 1.00 e. The molecular weight excluding hydrogens is 304 g/mol. The van der Waals surface area contributed by atoms with E-state index in [4.69, 9.17) is 0 Å². The SMILES string of the molecule is CCC#CCCCCCC.[Br-].[Br-].[Mg+2]. The number of halogens is 2. The fraction of sp³-hybridized carbons (Fsp3) is 0.800. The maximum atomic E-state index is 3.14. The van der Waals surface area contributed by atoms with E-state index in [1.165, 1.54) is 25.7 Å². The fourth-order valence-corrected chi connectivity index (χ4v) is 0.854. The van der Waals surface area contributed by atoms with Crippen LogP contribution in [-0.2, 0) is 0 Å². The predicted octanol–water partition coefficient (Wildman–Crippen LogP) is -3.00. The minimum Gasteiger partial charge on any atom is -1.00 e. The molecule has 3 heteroatoms. The van der Waals surface area contributed by atoms with Crippen LogP contribution in [0.4, 0.5) is 0 Å². The Morgan fingerprint density at radius 1 is 0.846 bits per heavy atom. The third-order valence-electron chi connectivity index (χ3n) is 1.46. The van der Waals surface area contributed by atoms with Crippen molar-refractivity contribution >= 4 is 23.1 Å². The van der Waals surface area contributed by atoms with Gasteiger partial charge in [-0.25, -0.2) is 0 Å². The maximum Gasteiger partial charge on any atom is 2.00 e. The van der Waals surface area contributed by atoms with Gasteiger partial charge in [0.15, 0.2) is 0 Å². The van der Waals surface area contributed by atoms with E-state index in [0.717, 1.165) is 12.8 Å². The average molecular weight is 322 g/mol. The standard InChI is InChI=1S/C10H18.2BrH.Mg/c1-3-5-7-9-10-8-6-4-2;;;/h3-5,7,9-10H2,1-2H3;2*1H;/q;;;+2/p-2. The Balaban J connectivity index is -0.000000135. The molecule has 0 spiro atoms. The first-order valence-corrected chi connectivity index (χ1v) is 4.37.